The number of aryl methyl sites for hydroxylation is 2. The summed E-state index contributed by atoms with van der Waals surface area (Å²) in [5, 5.41) is 3.20. The Morgan fingerprint density at radius 3 is 2.61 bits per heavy atom. The highest BCUT2D eigenvalue weighted by Gasteiger charge is 2.06. The molecule has 4 nitrogen and oxygen atoms in total. The molecule has 0 radical (unpaired) electrons. The van der Waals surface area contributed by atoms with Gasteiger partial charge in [-0.25, -0.2) is 9.97 Å². The number of hydrogen-bond acceptors (Lipinski definition) is 4. The van der Waals surface area contributed by atoms with Crippen molar-refractivity contribution in [2.75, 3.05) is 11.9 Å². The molecule has 1 N–H and O–H groups in total. The Hall–Kier alpha value is -1.97. The van der Waals surface area contributed by atoms with E-state index in [1.165, 1.54) is 0 Å². The number of rotatable bonds is 4. The van der Waals surface area contributed by atoms with Gasteiger partial charge in [0.2, 0.25) is 5.95 Å². The molecule has 0 saturated carbocycles. The Morgan fingerprint density at radius 1 is 1.11 bits per heavy atom. The third kappa shape index (κ3) is 2.83. The van der Waals surface area contributed by atoms with E-state index in [1.54, 1.807) is 0 Å². The topological polar surface area (TPSA) is 50.7 Å². The van der Waals surface area contributed by atoms with Crippen LogP contribution in [0.15, 0.2) is 24.5 Å². The number of aromatic nitrogens is 3. The molecule has 0 saturated heterocycles. The van der Waals surface area contributed by atoms with E-state index in [9.17, 15) is 0 Å². The lowest BCUT2D eigenvalue weighted by Crippen LogP contribution is -2.05. The van der Waals surface area contributed by atoms with Gasteiger partial charge in [-0.3, -0.25) is 4.98 Å². The van der Waals surface area contributed by atoms with Gasteiger partial charge < -0.3 is 5.32 Å². The van der Waals surface area contributed by atoms with Crippen LogP contribution in [-0.2, 0) is 0 Å². The number of anilines is 1. The normalized spacial score (nSPS) is 10.4. The SMILES string of the molecule is CCCNc1ncc(C)c(-c2ccc(C)nc2)n1. The molecule has 4 heteroatoms. The van der Waals surface area contributed by atoms with E-state index in [4.69, 9.17) is 0 Å². The highest BCUT2D eigenvalue weighted by atomic mass is 15.1. The van der Waals surface area contributed by atoms with Gasteiger partial charge in [-0.1, -0.05) is 6.92 Å². The highest BCUT2D eigenvalue weighted by molar-refractivity contribution is 5.62. The van der Waals surface area contributed by atoms with E-state index in [0.29, 0.717) is 5.95 Å². The van der Waals surface area contributed by atoms with E-state index in [-0.39, 0.29) is 0 Å². The summed E-state index contributed by atoms with van der Waals surface area (Å²) in [5.74, 6) is 0.679. The van der Waals surface area contributed by atoms with Crippen molar-refractivity contribution in [1.82, 2.24) is 15.0 Å². The summed E-state index contributed by atoms with van der Waals surface area (Å²) in [7, 11) is 0. The van der Waals surface area contributed by atoms with Crippen LogP contribution in [0.3, 0.4) is 0 Å². The Labute approximate surface area is 108 Å². The van der Waals surface area contributed by atoms with Crippen molar-refractivity contribution in [3.8, 4) is 11.3 Å². The van der Waals surface area contributed by atoms with Crippen molar-refractivity contribution in [2.24, 2.45) is 0 Å². The Kier molecular flexibility index (Phi) is 3.87. The van der Waals surface area contributed by atoms with Crippen molar-refractivity contribution in [3.05, 3.63) is 35.8 Å². The summed E-state index contributed by atoms with van der Waals surface area (Å²) in [6.45, 7) is 6.99. The lowest BCUT2D eigenvalue weighted by Gasteiger charge is -2.08. The van der Waals surface area contributed by atoms with Crippen LogP contribution < -0.4 is 5.32 Å². The van der Waals surface area contributed by atoms with Gasteiger partial charge in [0.1, 0.15) is 0 Å². The van der Waals surface area contributed by atoms with Crippen LogP contribution in [0.25, 0.3) is 11.3 Å². The second kappa shape index (κ2) is 5.58. The minimum atomic E-state index is 0.679. The lowest BCUT2D eigenvalue weighted by atomic mass is 10.1. The highest BCUT2D eigenvalue weighted by Crippen LogP contribution is 2.20. The molecular weight excluding hydrogens is 224 g/mol. The van der Waals surface area contributed by atoms with Gasteiger partial charge >= 0.3 is 0 Å². The van der Waals surface area contributed by atoms with E-state index in [2.05, 4.69) is 27.2 Å². The van der Waals surface area contributed by atoms with Crippen LogP contribution in [0, 0.1) is 13.8 Å². The maximum absolute atomic E-state index is 4.55. The van der Waals surface area contributed by atoms with E-state index in [1.807, 2.05) is 38.4 Å². The molecule has 0 aliphatic carbocycles. The predicted octanol–water partition coefficient (Wildman–Crippen LogP) is 2.98. The fourth-order valence-corrected chi connectivity index (χ4v) is 1.66. The minimum absolute atomic E-state index is 0.679. The molecule has 0 amide bonds. The first-order valence-corrected chi connectivity index (χ1v) is 6.21. The van der Waals surface area contributed by atoms with E-state index >= 15 is 0 Å². The number of hydrogen-bond donors (Lipinski definition) is 1. The summed E-state index contributed by atoms with van der Waals surface area (Å²) in [6, 6.07) is 4.04. The van der Waals surface area contributed by atoms with Gasteiger partial charge in [0, 0.05) is 30.2 Å². The number of nitrogens with one attached hydrogen (secondary N) is 1. The van der Waals surface area contributed by atoms with Crippen molar-refractivity contribution < 1.29 is 0 Å². The number of nitrogens with zero attached hydrogens (tertiary/aromatic N) is 3. The van der Waals surface area contributed by atoms with Crippen molar-refractivity contribution in [1.29, 1.82) is 0 Å². The fourth-order valence-electron chi connectivity index (χ4n) is 1.66. The Balaban J connectivity index is 2.33. The van der Waals surface area contributed by atoms with E-state index in [0.717, 1.165) is 35.5 Å². The lowest BCUT2D eigenvalue weighted by molar-refractivity contribution is 0.950. The Morgan fingerprint density at radius 2 is 1.94 bits per heavy atom. The molecule has 2 rings (SSSR count). The minimum Gasteiger partial charge on any atom is -0.354 e. The molecule has 94 valence electrons. The average Bonchev–Trinajstić information content (AvgIpc) is 2.39. The molecule has 0 unspecified atom stereocenters. The summed E-state index contributed by atoms with van der Waals surface area (Å²) >= 11 is 0. The Bertz CT molecular complexity index is 520. The first kappa shape index (κ1) is 12.5. The third-order valence-electron chi connectivity index (χ3n) is 2.69. The van der Waals surface area contributed by atoms with Crippen molar-refractivity contribution in [3.63, 3.8) is 0 Å². The van der Waals surface area contributed by atoms with Gasteiger partial charge in [-0.15, -0.1) is 0 Å². The molecule has 0 bridgehead atoms. The maximum atomic E-state index is 4.55. The first-order chi connectivity index (χ1) is 8.70. The molecule has 2 aromatic rings. The summed E-state index contributed by atoms with van der Waals surface area (Å²) in [5.41, 5.74) is 4.04. The quantitative estimate of drug-likeness (QED) is 0.895. The zero-order chi connectivity index (χ0) is 13.0. The molecule has 0 atom stereocenters. The average molecular weight is 242 g/mol. The van der Waals surface area contributed by atoms with Crippen LogP contribution in [0.4, 0.5) is 5.95 Å². The first-order valence-electron chi connectivity index (χ1n) is 6.21. The zero-order valence-electron chi connectivity index (χ0n) is 11.1. The molecule has 0 aliphatic rings. The molecule has 18 heavy (non-hydrogen) atoms. The second-order valence-electron chi connectivity index (χ2n) is 4.34. The van der Waals surface area contributed by atoms with Gasteiger partial charge in [0.25, 0.3) is 0 Å². The third-order valence-corrected chi connectivity index (χ3v) is 2.69. The maximum Gasteiger partial charge on any atom is 0.223 e. The molecule has 0 aliphatic heterocycles. The second-order valence-corrected chi connectivity index (χ2v) is 4.34. The fraction of sp³-hybridized carbons (Fsp3) is 0.357. The summed E-state index contributed by atoms with van der Waals surface area (Å²) in [4.78, 5) is 13.1. The van der Waals surface area contributed by atoms with E-state index < -0.39 is 0 Å². The monoisotopic (exact) mass is 242 g/mol. The molecule has 2 aromatic heterocycles. The van der Waals surface area contributed by atoms with Crippen molar-refractivity contribution in [2.45, 2.75) is 27.2 Å². The smallest absolute Gasteiger partial charge is 0.223 e. The summed E-state index contributed by atoms with van der Waals surface area (Å²) < 4.78 is 0. The molecule has 0 fully saturated rings. The van der Waals surface area contributed by atoms with Gasteiger partial charge in [0.05, 0.1) is 5.69 Å². The van der Waals surface area contributed by atoms with Gasteiger partial charge in [0.15, 0.2) is 0 Å². The standard InChI is InChI=1S/C14H18N4/c1-4-7-15-14-17-8-10(2)13(18-14)12-6-5-11(3)16-9-12/h5-6,8-9H,4,7H2,1-3H3,(H,15,17,18). The molecule has 0 spiro atoms. The molecule has 0 aromatic carbocycles. The van der Waals surface area contributed by atoms with Crippen LogP contribution in [0.1, 0.15) is 24.6 Å². The summed E-state index contributed by atoms with van der Waals surface area (Å²) in [6.07, 6.45) is 4.76. The predicted molar refractivity (Wildman–Crippen MR) is 73.5 cm³/mol. The van der Waals surface area contributed by atoms with Crippen molar-refractivity contribution >= 4 is 5.95 Å². The van der Waals surface area contributed by atoms with Crippen LogP contribution in [-0.4, -0.2) is 21.5 Å². The van der Waals surface area contributed by atoms with Crippen LogP contribution in [0.5, 0.6) is 0 Å². The zero-order valence-corrected chi connectivity index (χ0v) is 11.1. The van der Waals surface area contributed by atoms with Gasteiger partial charge in [-0.2, -0.15) is 0 Å². The van der Waals surface area contributed by atoms with Crippen LogP contribution >= 0.6 is 0 Å². The largest absolute Gasteiger partial charge is 0.354 e. The van der Waals surface area contributed by atoms with Crippen LogP contribution in [0.2, 0.25) is 0 Å². The number of pyridine rings is 1. The van der Waals surface area contributed by atoms with Gasteiger partial charge in [-0.05, 0) is 38.0 Å². The molecular formula is C14H18N4. The molecule has 2 heterocycles.